The van der Waals surface area contributed by atoms with E-state index in [0.717, 1.165) is 6.07 Å². The second-order valence-corrected chi connectivity index (χ2v) is 6.99. The number of fused-ring (bicyclic) bond motifs is 1. The van der Waals surface area contributed by atoms with Crippen molar-refractivity contribution in [2.75, 3.05) is 11.8 Å². The average Bonchev–Trinajstić information content (AvgIpc) is 2.85. The highest BCUT2D eigenvalue weighted by Gasteiger charge is 2.27. The lowest BCUT2D eigenvalue weighted by molar-refractivity contribution is -0.131. The highest BCUT2D eigenvalue weighted by molar-refractivity contribution is 7.92. The van der Waals surface area contributed by atoms with Crippen molar-refractivity contribution in [3.8, 4) is 11.5 Å². The fourth-order valence-corrected chi connectivity index (χ4v) is 3.92. The van der Waals surface area contributed by atoms with Crippen molar-refractivity contribution in [1.29, 1.82) is 0 Å². The molecule has 9 heteroatoms. The van der Waals surface area contributed by atoms with E-state index in [-0.39, 0.29) is 28.6 Å². The van der Waals surface area contributed by atoms with E-state index in [1.165, 1.54) is 31.4 Å². The van der Waals surface area contributed by atoms with E-state index in [4.69, 9.17) is 21.1 Å². The molecular formula is C15H11ClFNO5S. The number of anilines is 1. The van der Waals surface area contributed by atoms with E-state index < -0.39 is 26.7 Å². The fourth-order valence-electron chi connectivity index (χ4n) is 2.33. The maximum absolute atomic E-state index is 14.0. The normalized spacial score (nSPS) is 13.4. The summed E-state index contributed by atoms with van der Waals surface area (Å²) in [6.45, 7) is 0. The number of carbonyl (C=O) groups excluding carboxylic acids is 1. The van der Waals surface area contributed by atoms with Crippen LogP contribution in [0.1, 0.15) is 5.56 Å². The van der Waals surface area contributed by atoms with Crippen molar-refractivity contribution >= 4 is 33.3 Å². The summed E-state index contributed by atoms with van der Waals surface area (Å²) in [5.41, 5.74) is 0.520. The van der Waals surface area contributed by atoms with Gasteiger partial charge in [0.2, 0.25) is 0 Å². The Morgan fingerprint density at radius 2 is 2.08 bits per heavy atom. The Kier molecular flexibility index (Phi) is 4.10. The van der Waals surface area contributed by atoms with Gasteiger partial charge in [-0.2, -0.15) is 0 Å². The van der Waals surface area contributed by atoms with Crippen LogP contribution in [0.3, 0.4) is 0 Å². The summed E-state index contributed by atoms with van der Waals surface area (Å²) in [5, 5.41) is 0.0610. The van der Waals surface area contributed by atoms with Crippen LogP contribution in [0.5, 0.6) is 11.5 Å². The van der Waals surface area contributed by atoms with Crippen LogP contribution < -0.4 is 14.2 Å². The van der Waals surface area contributed by atoms with Crippen molar-refractivity contribution in [3.63, 3.8) is 0 Å². The van der Waals surface area contributed by atoms with Gasteiger partial charge >= 0.3 is 5.97 Å². The number of nitrogens with one attached hydrogen (secondary N) is 1. The molecule has 0 spiro atoms. The van der Waals surface area contributed by atoms with E-state index in [1.54, 1.807) is 0 Å². The molecule has 0 saturated carbocycles. The SMILES string of the molecule is COc1cccc(F)c1S(=O)(=O)Nc1cc2c(cc1Cl)CC(=O)O2. The maximum atomic E-state index is 14.0. The molecule has 0 amide bonds. The first-order valence-electron chi connectivity index (χ1n) is 6.70. The zero-order chi connectivity index (χ0) is 17.5. The second-order valence-electron chi connectivity index (χ2n) is 4.97. The van der Waals surface area contributed by atoms with Crippen LogP contribution >= 0.6 is 11.6 Å². The summed E-state index contributed by atoms with van der Waals surface area (Å²) in [6, 6.07) is 6.37. The Bertz CT molecular complexity index is 945. The number of hydrogen-bond donors (Lipinski definition) is 1. The second kappa shape index (κ2) is 5.95. The molecule has 1 heterocycles. The zero-order valence-electron chi connectivity index (χ0n) is 12.3. The van der Waals surface area contributed by atoms with Crippen LogP contribution in [0.15, 0.2) is 35.2 Å². The van der Waals surface area contributed by atoms with Crippen LogP contribution in [-0.4, -0.2) is 21.5 Å². The summed E-state index contributed by atoms with van der Waals surface area (Å²) in [6.07, 6.45) is 0.0587. The molecule has 0 aliphatic carbocycles. The average molecular weight is 372 g/mol. The van der Waals surface area contributed by atoms with Crippen molar-refractivity contribution in [2.24, 2.45) is 0 Å². The molecule has 0 bridgehead atoms. The first-order chi connectivity index (χ1) is 11.3. The van der Waals surface area contributed by atoms with Gasteiger partial charge in [0.15, 0.2) is 4.90 Å². The van der Waals surface area contributed by atoms with Gasteiger partial charge in [0.1, 0.15) is 17.3 Å². The highest BCUT2D eigenvalue weighted by Crippen LogP contribution is 2.37. The smallest absolute Gasteiger partial charge is 0.315 e. The van der Waals surface area contributed by atoms with Gasteiger partial charge in [0.25, 0.3) is 10.0 Å². The predicted molar refractivity (Wildman–Crippen MR) is 84.6 cm³/mol. The number of rotatable bonds is 4. The third-order valence-corrected chi connectivity index (χ3v) is 5.11. The number of carbonyl (C=O) groups is 1. The molecular weight excluding hydrogens is 361 g/mol. The Morgan fingerprint density at radius 1 is 1.33 bits per heavy atom. The zero-order valence-corrected chi connectivity index (χ0v) is 13.9. The van der Waals surface area contributed by atoms with Gasteiger partial charge < -0.3 is 9.47 Å². The molecule has 2 aromatic carbocycles. The third kappa shape index (κ3) is 2.90. The summed E-state index contributed by atoms with van der Waals surface area (Å²) in [5.74, 6) is -1.36. The van der Waals surface area contributed by atoms with Gasteiger partial charge in [-0.1, -0.05) is 17.7 Å². The van der Waals surface area contributed by atoms with Gasteiger partial charge in [-0.15, -0.1) is 0 Å². The number of halogens is 2. The Labute approximate surface area is 142 Å². The van der Waals surface area contributed by atoms with Crippen LogP contribution in [0, 0.1) is 5.82 Å². The molecule has 2 aromatic rings. The van der Waals surface area contributed by atoms with Crippen LogP contribution in [0.25, 0.3) is 0 Å². The minimum Gasteiger partial charge on any atom is -0.495 e. The minimum atomic E-state index is -4.32. The Morgan fingerprint density at radius 3 is 2.79 bits per heavy atom. The molecule has 3 rings (SSSR count). The van der Waals surface area contributed by atoms with E-state index in [9.17, 15) is 17.6 Å². The molecule has 1 aliphatic heterocycles. The molecule has 0 unspecified atom stereocenters. The monoisotopic (exact) mass is 371 g/mol. The number of ether oxygens (including phenoxy) is 2. The van der Waals surface area contributed by atoms with Gasteiger partial charge in [0.05, 0.1) is 24.2 Å². The Hall–Kier alpha value is -2.32. The van der Waals surface area contributed by atoms with E-state index in [0.29, 0.717) is 5.56 Å². The van der Waals surface area contributed by atoms with E-state index >= 15 is 0 Å². The predicted octanol–water partition coefficient (Wildman–Crippen LogP) is 2.75. The molecule has 6 nitrogen and oxygen atoms in total. The van der Waals surface area contributed by atoms with Gasteiger partial charge in [-0.3, -0.25) is 9.52 Å². The summed E-state index contributed by atoms with van der Waals surface area (Å²) >= 11 is 6.04. The molecule has 0 saturated heterocycles. The topological polar surface area (TPSA) is 81.7 Å². The number of methoxy groups -OCH3 is 1. The largest absolute Gasteiger partial charge is 0.495 e. The molecule has 1 N–H and O–H groups in total. The van der Waals surface area contributed by atoms with Crippen molar-refractivity contribution in [3.05, 3.63) is 46.7 Å². The summed E-state index contributed by atoms with van der Waals surface area (Å²) < 4.78 is 51.1. The number of benzene rings is 2. The van der Waals surface area contributed by atoms with Crippen LogP contribution in [0.2, 0.25) is 5.02 Å². The Balaban J connectivity index is 2.03. The molecule has 0 aromatic heterocycles. The van der Waals surface area contributed by atoms with Crippen LogP contribution in [-0.2, 0) is 21.2 Å². The quantitative estimate of drug-likeness (QED) is 0.660. The van der Waals surface area contributed by atoms with E-state index in [1.807, 2.05) is 0 Å². The molecule has 0 fully saturated rings. The number of hydrogen-bond acceptors (Lipinski definition) is 5. The molecule has 0 atom stereocenters. The first kappa shape index (κ1) is 16.5. The first-order valence-corrected chi connectivity index (χ1v) is 8.56. The molecule has 126 valence electrons. The van der Waals surface area contributed by atoms with Gasteiger partial charge in [0, 0.05) is 11.6 Å². The molecule has 1 aliphatic rings. The third-order valence-electron chi connectivity index (χ3n) is 3.37. The highest BCUT2D eigenvalue weighted by atomic mass is 35.5. The standard InChI is InChI=1S/C15H11ClFNO5S/c1-22-12-4-2-3-10(17)15(12)24(20,21)18-11-7-13-8(5-9(11)16)6-14(19)23-13/h2-5,7,18H,6H2,1H3. The number of esters is 1. The lowest BCUT2D eigenvalue weighted by Crippen LogP contribution is -2.16. The lowest BCUT2D eigenvalue weighted by Gasteiger charge is -2.13. The molecule has 0 radical (unpaired) electrons. The van der Waals surface area contributed by atoms with Crippen molar-refractivity contribution < 1.29 is 27.1 Å². The lowest BCUT2D eigenvalue weighted by atomic mass is 10.1. The van der Waals surface area contributed by atoms with Crippen LogP contribution in [0.4, 0.5) is 10.1 Å². The number of sulfonamides is 1. The van der Waals surface area contributed by atoms with Crippen molar-refractivity contribution in [2.45, 2.75) is 11.3 Å². The van der Waals surface area contributed by atoms with Gasteiger partial charge in [-0.05, 0) is 18.2 Å². The fraction of sp³-hybridized carbons (Fsp3) is 0.133. The maximum Gasteiger partial charge on any atom is 0.315 e. The van der Waals surface area contributed by atoms with Gasteiger partial charge in [-0.25, -0.2) is 12.8 Å². The summed E-state index contributed by atoms with van der Waals surface area (Å²) in [7, 11) is -3.08. The minimum absolute atomic E-state index is 0.0320. The summed E-state index contributed by atoms with van der Waals surface area (Å²) in [4.78, 5) is 10.6. The van der Waals surface area contributed by atoms with Crippen molar-refractivity contribution in [1.82, 2.24) is 0 Å². The van der Waals surface area contributed by atoms with E-state index in [2.05, 4.69) is 4.72 Å². The molecule has 24 heavy (non-hydrogen) atoms.